The van der Waals surface area contributed by atoms with Crippen LogP contribution >= 0.6 is 0 Å². The van der Waals surface area contributed by atoms with Gasteiger partial charge >= 0.3 is 5.97 Å². The maximum absolute atomic E-state index is 12.4. The minimum absolute atomic E-state index is 0.0114. The highest BCUT2D eigenvalue weighted by Crippen LogP contribution is 2.37. The Morgan fingerprint density at radius 2 is 1.93 bits per heavy atom. The first kappa shape index (κ1) is 25.6. The molecule has 0 aliphatic heterocycles. The fraction of sp³-hybridized carbons (Fsp3) is 0.750. The number of hydrogen-bond acceptors (Lipinski definition) is 5. The molecule has 0 bridgehead atoms. The zero-order valence-corrected chi connectivity index (χ0v) is 18.4. The Hall–Kier alpha value is -1.46. The average Bonchev–Trinajstić information content (AvgIpc) is 2.99. The Kier molecular flexibility index (Phi) is 12.1. The van der Waals surface area contributed by atoms with E-state index in [1.165, 1.54) is 32.6 Å². The standard InChI is InChI=1S/C24H40O5/c1-4-6-7-8-9-11-14-20-19(18-25)17-22(26)21(20)15-12-10-13-16-24(3,28)23(27)29-5-2/h10-12,14,19-21,25,28H,4-9,13,15-18H2,1-3H3/b12-10-,14-11+/t19-,20-,21+,24?/m0/s1. The van der Waals surface area contributed by atoms with Crippen molar-refractivity contribution in [2.75, 3.05) is 13.2 Å². The number of carbonyl (C=O) groups excluding carboxylic acids is 2. The monoisotopic (exact) mass is 408 g/mol. The molecule has 0 saturated heterocycles. The van der Waals surface area contributed by atoms with Crippen LogP contribution < -0.4 is 0 Å². The second kappa shape index (κ2) is 13.7. The van der Waals surface area contributed by atoms with E-state index in [-0.39, 0.29) is 43.2 Å². The molecule has 1 aliphatic carbocycles. The minimum Gasteiger partial charge on any atom is -0.464 e. The summed E-state index contributed by atoms with van der Waals surface area (Å²) in [6.45, 7) is 5.66. The highest BCUT2D eigenvalue weighted by Gasteiger charge is 2.39. The smallest absolute Gasteiger partial charge is 0.337 e. The Morgan fingerprint density at radius 3 is 2.59 bits per heavy atom. The molecular formula is C24H40O5. The van der Waals surface area contributed by atoms with Gasteiger partial charge in [0.1, 0.15) is 5.78 Å². The van der Waals surface area contributed by atoms with Crippen molar-refractivity contribution in [3.8, 4) is 0 Å². The molecule has 5 heteroatoms. The summed E-state index contributed by atoms with van der Waals surface area (Å²) >= 11 is 0. The fourth-order valence-electron chi connectivity index (χ4n) is 3.91. The van der Waals surface area contributed by atoms with Crippen LogP contribution in [0.3, 0.4) is 0 Å². The van der Waals surface area contributed by atoms with Gasteiger partial charge in [-0.25, -0.2) is 4.79 Å². The maximum atomic E-state index is 12.4. The van der Waals surface area contributed by atoms with Crippen molar-refractivity contribution >= 4 is 11.8 Å². The molecule has 1 aliphatic rings. The lowest BCUT2D eigenvalue weighted by Gasteiger charge is -2.20. The predicted molar refractivity (Wildman–Crippen MR) is 115 cm³/mol. The number of carbonyl (C=O) groups is 2. The molecule has 166 valence electrons. The molecule has 0 amide bonds. The van der Waals surface area contributed by atoms with Crippen LogP contribution in [0.5, 0.6) is 0 Å². The van der Waals surface area contributed by atoms with Crippen molar-refractivity contribution in [3.63, 3.8) is 0 Å². The number of esters is 1. The van der Waals surface area contributed by atoms with Crippen LogP contribution in [-0.2, 0) is 14.3 Å². The van der Waals surface area contributed by atoms with Gasteiger partial charge in [-0.15, -0.1) is 0 Å². The molecule has 29 heavy (non-hydrogen) atoms. The summed E-state index contributed by atoms with van der Waals surface area (Å²) in [5, 5.41) is 19.8. The molecule has 1 fully saturated rings. The number of ether oxygens (including phenoxy) is 1. The first-order valence-electron chi connectivity index (χ1n) is 11.2. The van der Waals surface area contributed by atoms with Gasteiger partial charge in [0.05, 0.1) is 6.61 Å². The van der Waals surface area contributed by atoms with Crippen molar-refractivity contribution in [1.82, 2.24) is 0 Å². The fourth-order valence-corrected chi connectivity index (χ4v) is 3.91. The zero-order chi connectivity index (χ0) is 21.7. The summed E-state index contributed by atoms with van der Waals surface area (Å²) in [4.78, 5) is 24.1. The van der Waals surface area contributed by atoms with E-state index in [2.05, 4.69) is 19.1 Å². The summed E-state index contributed by atoms with van der Waals surface area (Å²) in [5.41, 5.74) is -1.49. The van der Waals surface area contributed by atoms with Crippen molar-refractivity contribution in [2.45, 2.75) is 84.2 Å². The molecule has 4 atom stereocenters. The third-order valence-corrected chi connectivity index (χ3v) is 5.77. The van der Waals surface area contributed by atoms with Crippen LogP contribution in [0, 0.1) is 17.8 Å². The number of rotatable bonds is 14. The van der Waals surface area contributed by atoms with Gasteiger partial charge in [0, 0.05) is 18.9 Å². The molecule has 0 spiro atoms. The van der Waals surface area contributed by atoms with E-state index >= 15 is 0 Å². The van der Waals surface area contributed by atoms with Crippen molar-refractivity contribution < 1.29 is 24.5 Å². The molecule has 2 N–H and O–H groups in total. The molecule has 1 rings (SSSR count). The molecule has 0 aromatic rings. The zero-order valence-electron chi connectivity index (χ0n) is 18.4. The number of Topliss-reactive ketones (excluding diaryl/α,β-unsaturated/α-hetero) is 1. The Bertz CT molecular complexity index is 549. The van der Waals surface area contributed by atoms with E-state index in [0.717, 1.165) is 6.42 Å². The number of allylic oxidation sites excluding steroid dienone is 4. The van der Waals surface area contributed by atoms with E-state index in [0.29, 0.717) is 19.3 Å². The van der Waals surface area contributed by atoms with Crippen LogP contribution in [0.1, 0.15) is 78.6 Å². The van der Waals surface area contributed by atoms with Gasteiger partial charge in [-0.3, -0.25) is 4.79 Å². The van der Waals surface area contributed by atoms with E-state index in [1.807, 2.05) is 12.2 Å². The lowest BCUT2D eigenvalue weighted by atomic mass is 9.86. The number of ketones is 1. The number of aliphatic hydroxyl groups excluding tert-OH is 1. The molecule has 5 nitrogen and oxygen atoms in total. The van der Waals surface area contributed by atoms with Crippen LogP contribution in [0.4, 0.5) is 0 Å². The van der Waals surface area contributed by atoms with Crippen molar-refractivity contribution in [1.29, 1.82) is 0 Å². The highest BCUT2D eigenvalue weighted by atomic mass is 16.5. The normalized spacial score (nSPS) is 24.4. The summed E-state index contributed by atoms with van der Waals surface area (Å²) in [7, 11) is 0. The second-order valence-electron chi connectivity index (χ2n) is 8.31. The highest BCUT2D eigenvalue weighted by molar-refractivity contribution is 5.84. The molecule has 0 radical (unpaired) electrons. The molecular weight excluding hydrogens is 368 g/mol. The molecule has 0 aromatic heterocycles. The summed E-state index contributed by atoms with van der Waals surface area (Å²) in [6.07, 6.45) is 16.0. The van der Waals surface area contributed by atoms with Gasteiger partial charge < -0.3 is 14.9 Å². The SMILES string of the molecule is CCCCCC/C=C/[C@H]1[C@H](CO)CC(=O)[C@@H]1C/C=C\CCC(C)(O)C(=O)OCC. The largest absolute Gasteiger partial charge is 0.464 e. The van der Waals surface area contributed by atoms with Crippen molar-refractivity contribution in [2.24, 2.45) is 17.8 Å². The number of unbranched alkanes of at least 4 members (excludes halogenated alkanes) is 4. The quantitative estimate of drug-likeness (QED) is 0.253. The Morgan fingerprint density at radius 1 is 1.17 bits per heavy atom. The maximum Gasteiger partial charge on any atom is 0.337 e. The predicted octanol–water partition coefficient (Wildman–Crippen LogP) is 4.37. The van der Waals surface area contributed by atoms with Gasteiger partial charge in [-0.2, -0.15) is 0 Å². The first-order valence-corrected chi connectivity index (χ1v) is 11.2. The first-order chi connectivity index (χ1) is 13.9. The second-order valence-corrected chi connectivity index (χ2v) is 8.31. The van der Waals surface area contributed by atoms with Gasteiger partial charge in [-0.05, 0) is 57.8 Å². The summed E-state index contributed by atoms with van der Waals surface area (Å²) < 4.78 is 4.88. The van der Waals surface area contributed by atoms with E-state index in [1.54, 1.807) is 6.92 Å². The third-order valence-electron chi connectivity index (χ3n) is 5.77. The molecule has 1 saturated carbocycles. The Balaban J connectivity index is 2.53. The number of hydrogen-bond donors (Lipinski definition) is 2. The minimum atomic E-state index is -1.49. The van der Waals surface area contributed by atoms with Crippen LogP contribution in [0.25, 0.3) is 0 Å². The lowest BCUT2D eigenvalue weighted by Crippen LogP contribution is -2.36. The van der Waals surface area contributed by atoms with E-state index in [9.17, 15) is 19.8 Å². The number of aliphatic hydroxyl groups is 2. The lowest BCUT2D eigenvalue weighted by molar-refractivity contribution is -0.163. The van der Waals surface area contributed by atoms with Gasteiger partial charge in [0.15, 0.2) is 5.60 Å². The summed E-state index contributed by atoms with van der Waals surface area (Å²) in [6, 6.07) is 0. The van der Waals surface area contributed by atoms with E-state index < -0.39 is 11.6 Å². The van der Waals surface area contributed by atoms with Gasteiger partial charge in [0.25, 0.3) is 0 Å². The van der Waals surface area contributed by atoms with E-state index in [4.69, 9.17) is 4.74 Å². The Labute approximate surface area is 176 Å². The van der Waals surface area contributed by atoms with Crippen LogP contribution in [-0.4, -0.2) is 40.8 Å². The van der Waals surface area contributed by atoms with Crippen LogP contribution in [0.15, 0.2) is 24.3 Å². The average molecular weight is 409 g/mol. The molecule has 0 heterocycles. The van der Waals surface area contributed by atoms with Crippen molar-refractivity contribution in [3.05, 3.63) is 24.3 Å². The van der Waals surface area contributed by atoms with Gasteiger partial charge in [0.2, 0.25) is 0 Å². The topological polar surface area (TPSA) is 83.8 Å². The molecule has 0 aromatic carbocycles. The van der Waals surface area contributed by atoms with Crippen LogP contribution in [0.2, 0.25) is 0 Å². The third kappa shape index (κ3) is 8.83. The summed E-state index contributed by atoms with van der Waals surface area (Å²) in [5.74, 6) is -0.383. The van der Waals surface area contributed by atoms with Gasteiger partial charge in [-0.1, -0.05) is 50.5 Å². The molecule has 1 unspecified atom stereocenters.